The minimum Gasteiger partial charge on any atom is -0.481 e. The van der Waals surface area contributed by atoms with Crippen LogP contribution in [0, 0.1) is 0 Å². The largest absolute Gasteiger partial charge is 0.481 e. The number of carbonyl (C=O) groups excluding carboxylic acids is 1. The Balaban J connectivity index is 1.79. The molecule has 0 fully saturated rings. The van der Waals surface area contributed by atoms with E-state index < -0.39 is 5.97 Å². The van der Waals surface area contributed by atoms with E-state index in [2.05, 4.69) is 15.4 Å². The van der Waals surface area contributed by atoms with Gasteiger partial charge in [0.1, 0.15) is 0 Å². The molecular formula is C13H16N4O3. The first kappa shape index (κ1) is 14.0. The molecule has 2 aromatic heterocycles. The summed E-state index contributed by atoms with van der Waals surface area (Å²) in [6.45, 7) is 0.524. The van der Waals surface area contributed by atoms with Crippen LogP contribution in [0.4, 0.5) is 0 Å². The monoisotopic (exact) mass is 276 g/mol. The molecule has 0 spiro atoms. The van der Waals surface area contributed by atoms with Crippen molar-refractivity contribution >= 4 is 17.4 Å². The molecule has 2 aromatic rings. The number of carboxylic acid groups (broad SMARTS) is 1. The molecule has 7 heteroatoms. The van der Waals surface area contributed by atoms with Gasteiger partial charge < -0.3 is 10.4 Å². The molecule has 0 bridgehead atoms. The topological polar surface area (TPSA) is 96.6 Å². The van der Waals surface area contributed by atoms with E-state index in [1.807, 2.05) is 0 Å². The molecular weight excluding hydrogens is 260 g/mol. The normalized spacial score (nSPS) is 10.6. The van der Waals surface area contributed by atoms with Crippen molar-refractivity contribution in [3.63, 3.8) is 0 Å². The molecule has 2 rings (SSSR count). The quantitative estimate of drug-likeness (QED) is 0.738. The number of carbonyl (C=O) groups is 2. The summed E-state index contributed by atoms with van der Waals surface area (Å²) >= 11 is 0. The number of aliphatic carboxylic acids is 1. The van der Waals surface area contributed by atoms with Crippen LogP contribution in [-0.4, -0.2) is 38.1 Å². The highest BCUT2D eigenvalue weighted by molar-refractivity contribution is 6.00. The summed E-state index contributed by atoms with van der Waals surface area (Å²) in [5.41, 5.74) is 1.15. The number of aromatic nitrogens is 3. The van der Waals surface area contributed by atoms with Gasteiger partial charge in [-0.3, -0.25) is 14.6 Å². The summed E-state index contributed by atoms with van der Waals surface area (Å²) in [5, 5.41) is 15.4. The Labute approximate surface area is 115 Å². The van der Waals surface area contributed by atoms with Gasteiger partial charge in [-0.2, -0.15) is 5.10 Å². The van der Waals surface area contributed by atoms with E-state index in [1.165, 1.54) is 6.20 Å². The van der Waals surface area contributed by atoms with Crippen LogP contribution in [0.15, 0.2) is 24.8 Å². The highest BCUT2D eigenvalue weighted by Gasteiger charge is 2.11. The van der Waals surface area contributed by atoms with Crippen molar-refractivity contribution in [1.82, 2.24) is 19.9 Å². The SMILES string of the molecule is O=C(O)CCCCCNC(=O)c1cnn2ccncc12. The molecule has 0 aliphatic carbocycles. The van der Waals surface area contributed by atoms with Gasteiger partial charge in [0, 0.05) is 25.4 Å². The smallest absolute Gasteiger partial charge is 0.303 e. The van der Waals surface area contributed by atoms with E-state index in [1.54, 1.807) is 23.1 Å². The fourth-order valence-corrected chi connectivity index (χ4v) is 1.88. The van der Waals surface area contributed by atoms with Crippen LogP contribution in [0.3, 0.4) is 0 Å². The number of carboxylic acids is 1. The van der Waals surface area contributed by atoms with E-state index in [0.29, 0.717) is 24.0 Å². The van der Waals surface area contributed by atoms with Crippen molar-refractivity contribution in [3.05, 3.63) is 30.4 Å². The Kier molecular flexibility index (Phi) is 4.65. The lowest BCUT2D eigenvalue weighted by molar-refractivity contribution is -0.137. The summed E-state index contributed by atoms with van der Waals surface area (Å²) in [7, 11) is 0. The molecule has 0 unspecified atom stereocenters. The van der Waals surface area contributed by atoms with Crippen LogP contribution in [0.1, 0.15) is 36.0 Å². The summed E-state index contributed by atoms with van der Waals surface area (Å²) in [4.78, 5) is 26.3. The Morgan fingerprint density at radius 3 is 2.90 bits per heavy atom. The highest BCUT2D eigenvalue weighted by atomic mass is 16.4. The van der Waals surface area contributed by atoms with Crippen molar-refractivity contribution in [2.24, 2.45) is 0 Å². The average molecular weight is 276 g/mol. The number of hydrogen-bond acceptors (Lipinski definition) is 4. The molecule has 2 heterocycles. The molecule has 0 radical (unpaired) electrons. The molecule has 7 nitrogen and oxygen atoms in total. The van der Waals surface area contributed by atoms with Gasteiger partial charge in [-0.15, -0.1) is 0 Å². The summed E-state index contributed by atoms with van der Waals surface area (Å²) in [6.07, 6.45) is 8.73. The molecule has 0 atom stereocenters. The minimum absolute atomic E-state index is 0.174. The van der Waals surface area contributed by atoms with Gasteiger partial charge >= 0.3 is 5.97 Å². The first-order chi connectivity index (χ1) is 9.68. The van der Waals surface area contributed by atoms with E-state index in [-0.39, 0.29) is 12.3 Å². The number of amides is 1. The zero-order valence-electron chi connectivity index (χ0n) is 11.0. The van der Waals surface area contributed by atoms with E-state index in [0.717, 1.165) is 12.8 Å². The number of unbranched alkanes of at least 4 members (excludes halogenated alkanes) is 2. The summed E-state index contributed by atoms with van der Waals surface area (Å²) in [5.74, 6) is -0.973. The lowest BCUT2D eigenvalue weighted by Gasteiger charge is -2.03. The van der Waals surface area contributed by atoms with Gasteiger partial charge in [-0.1, -0.05) is 6.42 Å². The first-order valence-electron chi connectivity index (χ1n) is 6.46. The van der Waals surface area contributed by atoms with Gasteiger partial charge in [0.05, 0.1) is 23.5 Å². The molecule has 0 aliphatic rings. The minimum atomic E-state index is -0.784. The maximum atomic E-state index is 12.0. The molecule has 0 saturated carbocycles. The molecule has 106 valence electrons. The van der Waals surface area contributed by atoms with Crippen LogP contribution in [0.5, 0.6) is 0 Å². The Bertz CT molecular complexity index is 608. The van der Waals surface area contributed by atoms with Gasteiger partial charge in [-0.05, 0) is 12.8 Å². The third-order valence-electron chi connectivity index (χ3n) is 2.92. The first-order valence-corrected chi connectivity index (χ1v) is 6.46. The fraction of sp³-hybridized carbons (Fsp3) is 0.385. The van der Waals surface area contributed by atoms with Crippen LogP contribution in [0.25, 0.3) is 5.52 Å². The molecule has 1 amide bonds. The predicted octanol–water partition coefficient (Wildman–Crippen LogP) is 1.10. The van der Waals surface area contributed by atoms with Gasteiger partial charge in [0.25, 0.3) is 5.91 Å². The average Bonchev–Trinajstić information content (AvgIpc) is 2.86. The molecule has 0 aromatic carbocycles. The van der Waals surface area contributed by atoms with Crippen molar-refractivity contribution in [3.8, 4) is 0 Å². The maximum Gasteiger partial charge on any atom is 0.303 e. The van der Waals surface area contributed by atoms with Crippen molar-refractivity contribution in [1.29, 1.82) is 0 Å². The second kappa shape index (κ2) is 6.65. The second-order valence-corrected chi connectivity index (χ2v) is 4.42. The Hall–Kier alpha value is -2.44. The Morgan fingerprint density at radius 2 is 2.10 bits per heavy atom. The molecule has 0 aliphatic heterocycles. The number of fused-ring (bicyclic) bond motifs is 1. The number of nitrogens with zero attached hydrogens (tertiary/aromatic N) is 3. The van der Waals surface area contributed by atoms with Crippen molar-refractivity contribution < 1.29 is 14.7 Å². The highest BCUT2D eigenvalue weighted by Crippen LogP contribution is 2.08. The lowest BCUT2D eigenvalue weighted by Crippen LogP contribution is -2.24. The number of rotatable bonds is 7. The van der Waals surface area contributed by atoms with Gasteiger partial charge in [0.2, 0.25) is 0 Å². The fourth-order valence-electron chi connectivity index (χ4n) is 1.88. The molecule has 0 saturated heterocycles. The lowest BCUT2D eigenvalue weighted by atomic mass is 10.2. The van der Waals surface area contributed by atoms with E-state index in [4.69, 9.17) is 5.11 Å². The third kappa shape index (κ3) is 3.53. The van der Waals surface area contributed by atoms with Crippen LogP contribution in [0.2, 0.25) is 0 Å². The molecule has 2 N–H and O–H groups in total. The zero-order chi connectivity index (χ0) is 14.4. The Morgan fingerprint density at radius 1 is 1.25 bits per heavy atom. The second-order valence-electron chi connectivity index (χ2n) is 4.42. The van der Waals surface area contributed by atoms with E-state index >= 15 is 0 Å². The standard InChI is InChI=1S/C13H16N4O3/c18-12(19)4-2-1-3-5-15-13(20)10-8-16-17-7-6-14-9-11(10)17/h6-9H,1-5H2,(H,15,20)(H,18,19). The summed E-state index contributed by atoms with van der Waals surface area (Å²) < 4.78 is 1.59. The van der Waals surface area contributed by atoms with Crippen LogP contribution < -0.4 is 5.32 Å². The van der Waals surface area contributed by atoms with Crippen LogP contribution in [-0.2, 0) is 4.79 Å². The third-order valence-corrected chi connectivity index (χ3v) is 2.92. The number of hydrogen-bond donors (Lipinski definition) is 2. The number of nitrogens with one attached hydrogen (secondary N) is 1. The van der Waals surface area contributed by atoms with Gasteiger partial charge in [0.15, 0.2) is 0 Å². The predicted molar refractivity (Wildman–Crippen MR) is 71.4 cm³/mol. The van der Waals surface area contributed by atoms with Gasteiger partial charge in [-0.25, -0.2) is 4.52 Å². The van der Waals surface area contributed by atoms with Crippen molar-refractivity contribution in [2.45, 2.75) is 25.7 Å². The van der Waals surface area contributed by atoms with Crippen LogP contribution >= 0.6 is 0 Å². The summed E-state index contributed by atoms with van der Waals surface area (Å²) in [6, 6.07) is 0. The van der Waals surface area contributed by atoms with E-state index in [9.17, 15) is 9.59 Å². The maximum absolute atomic E-state index is 12.0. The molecule has 20 heavy (non-hydrogen) atoms. The zero-order valence-corrected chi connectivity index (χ0v) is 11.0. The van der Waals surface area contributed by atoms with Crippen molar-refractivity contribution in [2.75, 3.05) is 6.54 Å².